The largest absolute Gasteiger partial charge is 0.493 e. The zero-order chi connectivity index (χ0) is 17.7. The van der Waals surface area contributed by atoms with E-state index in [1.807, 2.05) is 6.92 Å². The number of nitriles is 1. The molecule has 1 aliphatic rings. The zero-order valence-corrected chi connectivity index (χ0v) is 15.0. The van der Waals surface area contributed by atoms with Gasteiger partial charge in [0, 0.05) is 38.8 Å². The average molecular weight is 353 g/mol. The zero-order valence-electron chi connectivity index (χ0n) is 14.2. The number of piperazine rings is 1. The topological polar surface area (TPSA) is 82.9 Å². The van der Waals surface area contributed by atoms with Crippen LogP contribution in [-0.4, -0.2) is 64.6 Å². The van der Waals surface area contributed by atoms with Crippen molar-refractivity contribution < 1.29 is 17.9 Å². The summed E-state index contributed by atoms with van der Waals surface area (Å²) in [5, 5.41) is 8.88. The second-order valence-corrected chi connectivity index (χ2v) is 7.69. The van der Waals surface area contributed by atoms with Gasteiger partial charge in [-0.1, -0.05) is 0 Å². The Morgan fingerprint density at radius 1 is 1.17 bits per heavy atom. The van der Waals surface area contributed by atoms with Gasteiger partial charge in [0.25, 0.3) is 0 Å². The van der Waals surface area contributed by atoms with E-state index < -0.39 is 10.0 Å². The molecule has 8 heteroatoms. The van der Waals surface area contributed by atoms with Gasteiger partial charge in [-0.25, -0.2) is 8.42 Å². The van der Waals surface area contributed by atoms with Gasteiger partial charge in [0.2, 0.25) is 10.0 Å². The predicted molar refractivity (Wildman–Crippen MR) is 89.5 cm³/mol. The van der Waals surface area contributed by atoms with Crippen LogP contribution < -0.4 is 9.47 Å². The van der Waals surface area contributed by atoms with Crippen LogP contribution in [0.4, 0.5) is 0 Å². The van der Waals surface area contributed by atoms with E-state index in [2.05, 4.69) is 11.0 Å². The maximum absolute atomic E-state index is 12.8. The van der Waals surface area contributed by atoms with Crippen LogP contribution >= 0.6 is 0 Å². The molecule has 0 saturated carbocycles. The Morgan fingerprint density at radius 3 is 2.33 bits per heavy atom. The molecule has 0 unspecified atom stereocenters. The lowest BCUT2D eigenvalue weighted by molar-refractivity contribution is 0.178. The molecular weight excluding hydrogens is 330 g/mol. The van der Waals surface area contributed by atoms with E-state index in [1.54, 1.807) is 6.07 Å². The molecule has 24 heavy (non-hydrogen) atoms. The van der Waals surface area contributed by atoms with E-state index in [9.17, 15) is 8.42 Å². The van der Waals surface area contributed by atoms with Crippen LogP contribution in [0.1, 0.15) is 6.92 Å². The Bertz CT molecular complexity index is 707. The molecule has 0 radical (unpaired) electrons. The lowest BCUT2D eigenvalue weighted by Gasteiger charge is -2.34. The molecule has 1 aromatic rings. The van der Waals surface area contributed by atoms with Crippen LogP contribution in [0.25, 0.3) is 0 Å². The van der Waals surface area contributed by atoms with Crippen LogP contribution in [0.3, 0.4) is 0 Å². The summed E-state index contributed by atoms with van der Waals surface area (Å²) in [7, 11) is -0.588. The third-order valence-corrected chi connectivity index (χ3v) is 5.97. The summed E-state index contributed by atoms with van der Waals surface area (Å²) in [4.78, 5) is 2.31. The SMILES string of the molecule is COc1ccc(S(=O)(=O)N2CCN(C[C@H](C)C#N)CC2)cc1OC. The van der Waals surface area contributed by atoms with Gasteiger partial charge in [-0.05, 0) is 19.1 Å². The fourth-order valence-electron chi connectivity index (χ4n) is 2.71. The molecular formula is C16H23N3O4S. The Balaban J connectivity index is 2.11. The number of hydrogen-bond donors (Lipinski definition) is 0. The van der Waals surface area contributed by atoms with Crippen LogP contribution in [0.15, 0.2) is 23.1 Å². The Hall–Kier alpha value is -1.82. The van der Waals surface area contributed by atoms with E-state index in [1.165, 1.54) is 30.7 Å². The van der Waals surface area contributed by atoms with Crippen molar-refractivity contribution in [3.8, 4) is 17.6 Å². The van der Waals surface area contributed by atoms with Gasteiger partial charge < -0.3 is 9.47 Å². The van der Waals surface area contributed by atoms with E-state index >= 15 is 0 Å². The van der Waals surface area contributed by atoms with Gasteiger partial charge in [0.1, 0.15) is 0 Å². The molecule has 1 aromatic carbocycles. The van der Waals surface area contributed by atoms with Crippen LogP contribution in [0, 0.1) is 17.2 Å². The van der Waals surface area contributed by atoms with Gasteiger partial charge in [0.05, 0.1) is 31.1 Å². The average Bonchev–Trinajstić information content (AvgIpc) is 2.61. The fraction of sp³-hybridized carbons (Fsp3) is 0.562. The molecule has 0 bridgehead atoms. The van der Waals surface area contributed by atoms with Gasteiger partial charge in [-0.2, -0.15) is 9.57 Å². The molecule has 1 aliphatic heterocycles. The summed E-state index contributed by atoms with van der Waals surface area (Å²) in [6.45, 7) is 4.61. The fourth-order valence-corrected chi connectivity index (χ4v) is 4.14. The van der Waals surface area contributed by atoms with Crippen molar-refractivity contribution in [1.29, 1.82) is 5.26 Å². The van der Waals surface area contributed by atoms with Gasteiger partial charge >= 0.3 is 0 Å². The van der Waals surface area contributed by atoms with Crippen molar-refractivity contribution in [2.45, 2.75) is 11.8 Å². The minimum absolute atomic E-state index is 0.0565. The highest BCUT2D eigenvalue weighted by Gasteiger charge is 2.29. The molecule has 0 aromatic heterocycles. The van der Waals surface area contributed by atoms with Crippen LogP contribution in [-0.2, 0) is 10.0 Å². The maximum Gasteiger partial charge on any atom is 0.243 e. The molecule has 2 rings (SSSR count). The summed E-state index contributed by atoms with van der Waals surface area (Å²) < 4.78 is 37.4. The first kappa shape index (κ1) is 18.5. The first-order valence-electron chi connectivity index (χ1n) is 7.76. The number of methoxy groups -OCH3 is 2. The number of benzene rings is 1. The summed E-state index contributed by atoms with van der Waals surface area (Å²) in [5.74, 6) is 0.825. The minimum atomic E-state index is -3.57. The normalized spacial score (nSPS) is 17.9. The van der Waals surface area contributed by atoms with E-state index in [4.69, 9.17) is 14.7 Å². The van der Waals surface area contributed by atoms with E-state index in [0.29, 0.717) is 44.2 Å². The van der Waals surface area contributed by atoms with Crippen molar-refractivity contribution in [1.82, 2.24) is 9.21 Å². The van der Waals surface area contributed by atoms with E-state index in [-0.39, 0.29) is 10.8 Å². The highest BCUT2D eigenvalue weighted by Crippen LogP contribution is 2.30. The maximum atomic E-state index is 12.8. The number of ether oxygens (including phenoxy) is 2. The summed E-state index contributed by atoms with van der Waals surface area (Å²) in [5.41, 5.74) is 0. The molecule has 7 nitrogen and oxygen atoms in total. The van der Waals surface area contributed by atoms with Crippen molar-refractivity contribution in [2.24, 2.45) is 5.92 Å². The van der Waals surface area contributed by atoms with Crippen molar-refractivity contribution >= 4 is 10.0 Å². The standard InChI is InChI=1S/C16H23N3O4S/c1-13(11-17)12-18-6-8-19(9-7-18)24(20,21)14-4-5-15(22-2)16(10-14)23-3/h4-5,10,13H,6-9,12H2,1-3H3/t13-/m1/s1. The molecule has 0 amide bonds. The molecule has 1 atom stereocenters. The molecule has 1 fully saturated rings. The minimum Gasteiger partial charge on any atom is -0.493 e. The van der Waals surface area contributed by atoms with Gasteiger partial charge in [-0.15, -0.1) is 0 Å². The van der Waals surface area contributed by atoms with Crippen molar-refractivity contribution in [2.75, 3.05) is 46.9 Å². The van der Waals surface area contributed by atoms with Crippen LogP contribution in [0.5, 0.6) is 11.5 Å². The van der Waals surface area contributed by atoms with Gasteiger partial charge in [-0.3, -0.25) is 4.90 Å². The second-order valence-electron chi connectivity index (χ2n) is 5.75. The quantitative estimate of drug-likeness (QED) is 0.763. The Kier molecular flexibility index (Phi) is 6.04. The Morgan fingerprint density at radius 2 is 1.79 bits per heavy atom. The summed E-state index contributed by atoms with van der Waals surface area (Å²) in [6, 6.07) is 6.81. The molecule has 0 N–H and O–H groups in total. The summed E-state index contributed by atoms with van der Waals surface area (Å²) in [6.07, 6.45) is 0. The predicted octanol–water partition coefficient (Wildman–Crippen LogP) is 1.17. The monoisotopic (exact) mass is 353 g/mol. The lowest BCUT2D eigenvalue weighted by Crippen LogP contribution is -2.49. The van der Waals surface area contributed by atoms with Gasteiger partial charge in [0.15, 0.2) is 11.5 Å². The second kappa shape index (κ2) is 7.83. The third-order valence-electron chi connectivity index (χ3n) is 4.08. The number of rotatable bonds is 6. The summed E-state index contributed by atoms with van der Waals surface area (Å²) >= 11 is 0. The molecule has 0 aliphatic carbocycles. The van der Waals surface area contributed by atoms with Crippen molar-refractivity contribution in [3.63, 3.8) is 0 Å². The molecule has 1 heterocycles. The van der Waals surface area contributed by atoms with Crippen molar-refractivity contribution in [3.05, 3.63) is 18.2 Å². The highest BCUT2D eigenvalue weighted by atomic mass is 32.2. The lowest BCUT2D eigenvalue weighted by atomic mass is 10.2. The number of sulfonamides is 1. The highest BCUT2D eigenvalue weighted by molar-refractivity contribution is 7.89. The molecule has 1 saturated heterocycles. The van der Waals surface area contributed by atoms with Crippen LogP contribution in [0.2, 0.25) is 0 Å². The van der Waals surface area contributed by atoms with E-state index in [0.717, 1.165) is 0 Å². The number of nitrogens with zero attached hydrogens (tertiary/aromatic N) is 3. The number of hydrogen-bond acceptors (Lipinski definition) is 6. The Labute approximate surface area is 143 Å². The first-order chi connectivity index (χ1) is 11.4. The molecule has 0 spiro atoms. The first-order valence-corrected chi connectivity index (χ1v) is 9.20. The third kappa shape index (κ3) is 3.98. The smallest absolute Gasteiger partial charge is 0.243 e. The molecule has 132 valence electrons.